The van der Waals surface area contributed by atoms with Gasteiger partial charge in [0.2, 0.25) is 0 Å². The van der Waals surface area contributed by atoms with Crippen molar-refractivity contribution in [3.05, 3.63) is 58.1 Å². The molecule has 0 aliphatic carbocycles. The van der Waals surface area contributed by atoms with Crippen LogP contribution in [0.5, 0.6) is 5.88 Å². The lowest BCUT2D eigenvalue weighted by Gasteiger charge is -2.18. The fourth-order valence-electron chi connectivity index (χ4n) is 3.54. The van der Waals surface area contributed by atoms with E-state index in [1.54, 1.807) is 0 Å². The summed E-state index contributed by atoms with van der Waals surface area (Å²) in [5, 5.41) is 34.3. The molecule has 1 aliphatic heterocycles. The number of aliphatic imine (C=N–C) groups is 1. The molecule has 3 aromatic rings. The average molecular weight is 487 g/mol. The predicted molar refractivity (Wildman–Crippen MR) is 123 cm³/mol. The molecule has 0 fully saturated rings. The third kappa shape index (κ3) is 4.49. The third-order valence-electron chi connectivity index (χ3n) is 5.05. The van der Waals surface area contributed by atoms with Crippen LogP contribution < -0.4 is 0 Å². The Labute approximate surface area is 187 Å². The fraction of sp³-hybridized carbons (Fsp3) is 0.273. The Balaban J connectivity index is 1.62. The highest BCUT2D eigenvalue weighted by atomic mass is 79.9. The lowest BCUT2D eigenvalue weighted by atomic mass is 10.0. The Bertz CT molecular complexity index is 1160. The molecule has 162 valence electrons. The van der Waals surface area contributed by atoms with E-state index in [2.05, 4.69) is 26.1 Å². The minimum absolute atomic E-state index is 0.0186. The topological polar surface area (TPSA) is 114 Å². The highest BCUT2D eigenvalue weighted by Gasteiger charge is 2.29. The molecule has 1 aromatic heterocycles. The van der Waals surface area contributed by atoms with Gasteiger partial charge in [-0.05, 0) is 31.3 Å². The summed E-state index contributed by atoms with van der Waals surface area (Å²) < 4.78 is 0.888. The van der Waals surface area contributed by atoms with Crippen LogP contribution in [0.4, 0.5) is 5.69 Å². The van der Waals surface area contributed by atoms with Gasteiger partial charge >= 0.3 is 0 Å². The summed E-state index contributed by atoms with van der Waals surface area (Å²) in [7, 11) is 1.83. The maximum Gasteiger partial charge on any atom is 0.199 e. The number of hydrogen-bond acceptors (Lipinski definition) is 7. The highest BCUT2D eigenvalue weighted by Crippen LogP contribution is 2.36. The van der Waals surface area contributed by atoms with Gasteiger partial charge in [0.25, 0.3) is 0 Å². The number of halogens is 1. The standard InChI is InChI=1S/C22H23BrN4O4/c1-27(11-14(29)12-28)8-9-31-26-20-15-4-2-3-5-17(15)24-21(20)19-16-10-13(23)6-7-18(16)25-22(19)30/h2-7,10,14,25,28-30H,8-9,11-12H2,1H3/b26-20+. The van der Waals surface area contributed by atoms with Crippen molar-refractivity contribution in [3.63, 3.8) is 0 Å². The number of oxime groups is 1. The summed E-state index contributed by atoms with van der Waals surface area (Å²) in [4.78, 5) is 15.1. The molecule has 8 nitrogen and oxygen atoms in total. The van der Waals surface area contributed by atoms with E-state index in [0.717, 1.165) is 26.6 Å². The van der Waals surface area contributed by atoms with Crippen LogP contribution >= 0.6 is 15.9 Å². The molecule has 9 heteroatoms. The Hall–Kier alpha value is -2.72. The van der Waals surface area contributed by atoms with Crippen LogP contribution in [-0.2, 0) is 4.84 Å². The number of rotatable bonds is 8. The van der Waals surface area contributed by atoms with Crippen molar-refractivity contribution in [1.82, 2.24) is 9.88 Å². The quantitative estimate of drug-likeness (QED) is 0.288. The molecule has 0 amide bonds. The molecule has 0 saturated heterocycles. The smallest absolute Gasteiger partial charge is 0.199 e. The molecule has 1 unspecified atom stereocenters. The predicted octanol–water partition coefficient (Wildman–Crippen LogP) is 2.78. The molecule has 2 heterocycles. The molecule has 4 N–H and O–H groups in total. The third-order valence-corrected chi connectivity index (χ3v) is 5.54. The normalized spacial score (nSPS) is 15.5. The van der Waals surface area contributed by atoms with Crippen molar-refractivity contribution in [1.29, 1.82) is 0 Å². The highest BCUT2D eigenvalue weighted by molar-refractivity contribution is 9.10. The van der Waals surface area contributed by atoms with Gasteiger partial charge in [0.05, 0.1) is 24.0 Å². The Morgan fingerprint density at radius 2 is 2.06 bits per heavy atom. The number of aliphatic hydroxyl groups excluding tert-OH is 2. The van der Waals surface area contributed by atoms with E-state index in [9.17, 15) is 10.2 Å². The van der Waals surface area contributed by atoms with Crippen molar-refractivity contribution >= 4 is 43.9 Å². The van der Waals surface area contributed by atoms with Crippen LogP contribution in [0.15, 0.2) is 57.1 Å². The number of benzene rings is 2. The fourth-order valence-corrected chi connectivity index (χ4v) is 3.91. The summed E-state index contributed by atoms with van der Waals surface area (Å²) in [5.41, 5.74) is 4.02. The second-order valence-electron chi connectivity index (χ2n) is 7.39. The van der Waals surface area contributed by atoms with Gasteiger partial charge in [0, 0.05) is 34.0 Å². The lowest BCUT2D eigenvalue weighted by Crippen LogP contribution is -2.33. The number of aromatic hydroxyl groups is 1. The Morgan fingerprint density at radius 1 is 1.26 bits per heavy atom. The molecule has 4 rings (SSSR count). The SMILES string of the molecule is CN(CCO/N=C1/C(c2c(O)[nH]c3ccc(Br)cc23)=Nc2ccccc21)CC(O)CO. The van der Waals surface area contributed by atoms with Crippen LogP contribution in [0, 0.1) is 0 Å². The van der Waals surface area contributed by atoms with Gasteiger partial charge in [-0.2, -0.15) is 0 Å². The van der Waals surface area contributed by atoms with Gasteiger partial charge < -0.3 is 30.0 Å². The minimum atomic E-state index is -0.791. The van der Waals surface area contributed by atoms with Crippen LogP contribution in [0.1, 0.15) is 11.1 Å². The van der Waals surface area contributed by atoms with Gasteiger partial charge in [-0.25, -0.2) is 4.99 Å². The summed E-state index contributed by atoms with van der Waals surface area (Å²) in [6.45, 7) is 0.866. The van der Waals surface area contributed by atoms with E-state index in [0.29, 0.717) is 36.7 Å². The molecule has 1 aliphatic rings. The molecule has 31 heavy (non-hydrogen) atoms. The van der Waals surface area contributed by atoms with Crippen LogP contribution in [-0.4, -0.2) is 76.1 Å². The van der Waals surface area contributed by atoms with E-state index in [1.165, 1.54) is 0 Å². The van der Waals surface area contributed by atoms with Gasteiger partial charge in [-0.1, -0.05) is 39.3 Å². The number of fused-ring (bicyclic) bond motifs is 2. The first kappa shape index (κ1) is 21.5. The Kier molecular flexibility index (Phi) is 6.38. The number of hydrogen-bond donors (Lipinski definition) is 4. The number of nitrogens with one attached hydrogen (secondary N) is 1. The second-order valence-corrected chi connectivity index (χ2v) is 8.30. The van der Waals surface area contributed by atoms with Crippen LogP contribution in [0.2, 0.25) is 0 Å². The van der Waals surface area contributed by atoms with Crippen molar-refractivity contribution in [3.8, 4) is 5.88 Å². The first-order chi connectivity index (χ1) is 15.0. The first-order valence-corrected chi connectivity index (χ1v) is 10.6. The molecule has 0 bridgehead atoms. The van der Waals surface area contributed by atoms with Crippen LogP contribution in [0.25, 0.3) is 10.9 Å². The van der Waals surface area contributed by atoms with E-state index in [1.807, 2.05) is 54.4 Å². The van der Waals surface area contributed by atoms with Crippen molar-refractivity contribution < 1.29 is 20.2 Å². The van der Waals surface area contributed by atoms with E-state index >= 15 is 0 Å². The summed E-state index contributed by atoms with van der Waals surface area (Å²) >= 11 is 3.49. The van der Waals surface area contributed by atoms with E-state index in [-0.39, 0.29) is 12.5 Å². The molecular weight excluding hydrogens is 464 g/mol. The maximum atomic E-state index is 10.6. The summed E-state index contributed by atoms with van der Waals surface area (Å²) in [6.07, 6.45) is -0.791. The monoisotopic (exact) mass is 486 g/mol. The summed E-state index contributed by atoms with van der Waals surface area (Å²) in [6, 6.07) is 13.3. The number of aromatic amines is 1. The number of aliphatic hydroxyl groups is 2. The van der Waals surface area contributed by atoms with Crippen molar-refractivity contribution in [2.75, 3.05) is 33.4 Å². The van der Waals surface area contributed by atoms with Gasteiger partial charge in [0.15, 0.2) is 5.88 Å². The molecule has 2 aromatic carbocycles. The largest absolute Gasteiger partial charge is 0.494 e. The average Bonchev–Trinajstić information content (AvgIpc) is 3.27. The minimum Gasteiger partial charge on any atom is -0.494 e. The number of aromatic nitrogens is 1. The number of nitrogens with zero attached hydrogens (tertiary/aromatic N) is 3. The zero-order valence-corrected chi connectivity index (χ0v) is 18.5. The first-order valence-electron chi connectivity index (χ1n) is 9.84. The van der Waals surface area contributed by atoms with Gasteiger partial charge in [0.1, 0.15) is 18.0 Å². The van der Waals surface area contributed by atoms with Gasteiger partial charge in [-0.15, -0.1) is 0 Å². The van der Waals surface area contributed by atoms with Crippen molar-refractivity contribution in [2.45, 2.75) is 6.10 Å². The lowest BCUT2D eigenvalue weighted by molar-refractivity contribution is 0.0535. The maximum absolute atomic E-state index is 10.6. The molecule has 0 saturated carbocycles. The van der Waals surface area contributed by atoms with Crippen molar-refractivity contribution in [2.24, 2.45) is 10.1 Å². The molecule has 0 spiro atoms. The second kappa shape index (κ2) is 9.19. The van der Waals surface area contributed by atoms with Crippen LogP contribution in [0.3, 0.4) is 0 Å². The summed E-state index contributed by atoms with van der Waals surface area (Å²) in [5.74, 6) is 0.0186. The van der Waals surface area contributed by atoms with E-state index in [4.69, 9.17) is 14.9 Å². The number of para-hydroxylation sites is 1. The Morgan fingerprint density at radius 3 is 2.87 bits per heavy atom. The molecule has 0 radical (unpaired) electrons. The zero-order valence-electron chi connectivity index (χ0n) is 16.9. The number of H-pyrrole nitrogens is 1. The number of likely N-dealkylation sites (N-methyl/N-ethyl adjacent to an activating group) is 1. The van der Waals surface area contributed by atoms with Gasteiger partial charge in [-0.3, -0.25) is 0 Å². The molecule has 1 atom stereocenters. The van der Waals surface area contributed by atoms with E-state index < -0.39 is 6.10 Å². The zero-order chi connectivity index (χ0) is 22.0. The molecular formula is C22H23BrN4O4.